The van der Waals surface area contributed by atoms with Crippen LogP contribution in [0.25, 0.3) is 11.4 Å². The van der Waals surface area contributed by atoms with Gasteiger partial charge in [0.2, 0.25) is 5.91 Å². The zero-order valence-electron chi connectivity index (χ0n) is 16.5. The lowest BCUT2D eigenvalue weighted by atomic mass is 9.92. The van der Waals surface area contributed by atoms with Crippen molar-refractivity contribution in [1.29, 1.82) is 0 Å². The number of benzene rings is 1. The molecule has 0 spiro atoms. The molecule has 1 fully saturated rings. The van der Waals surface area contributed by atoms with E-state index in [0.29, 0.717) is 17.6 Å². The zero-order valence-corrected chi connectivity index (χ0v) is 17.3. The van der Waals surface area contributed by atoms with E-state index in [1.807, 2.05) is 33.7 Å². The fraction of sp³-hybridized carbons (Fsp3) is 0.550. The van der Waals surface area contributed by atoms with Crippen LogP contribution in [0.1, 0.15) is 27.2 Å². The number of carbonyl (C=O) groups excluding carboxylic acids is 1. The fourth-order valence-electron chi connectivity index (χ4n) is 3.79. The Morgan fingerprint density at radius 1 is 1.22 bits per heavy atom. The van der Waals surface area contributed by atoms with Crippen LogP contribution in [0.4, 0.5) is 0 Å². The lowest BCUT2D eigenvalue weighted by Gasteiger charge is -2.34. The van der Waals surface area contributed by atoms with Crippen molar-refractivity contribution in [2.45, 2.75) is 38.9 Å². The maximum Gasteiger partial charge on any atom is 0.233 e. The lowest BCUT2D eigenvalue weighted by molar-refractivity contribution is -0.130. The van der Waals surface area contributed by atoms with Gasteiger partial charge in [0, 0.05) is 19.6 Å². The van der Waals surface area contributed by atoms with Gasteiger partial charge >= 0.3 is 0 Å². The molecule has 3 rings (SSSR count). The van der Waals surface area contributed by atoms with Crippen LogP contribution in [0.2, 0.25) is 0 Å². The van der Waals surface area contributed by atoms with E-state index in [4.69, 9.17) is 4.74 Å². The Bertz CT molecular complexity index is 782. The van der Waals surface area contributed by atoms with Gasteiger partial charge in [-0.1, -0.05) is 37.7 Å². The average molecular weight is 389 g/mol. The van der Waals surface area contributed by atoms with Gasteiger partial charge in [-0.25, -0.2) is 0 Å². The van der Waals surface area contributed by atoms with E-state index in [-0.39, 0.29) is 5.91 Å². The maximum atomic E-state index is 12.7. The molecule has 0 N–H and O–H groups in total. The second-order valence-corrected chi connectivity index (χ2v) is 8.23. The molecule has 2 aromatic rings. The number of amides is 1. The number of carbonyl (C=O) groups is 1. The van der Waals surface area contributed by atoms with Gasteiger partial charge in [-0.15, -0.1) is 10.2 Å². The minimum absolute atomic E-state index is 0.183. The van der Waals surface area contributed by atoms with E-state index in [1.165, 1.54) is 18.2 Å². The average Bonchev–Trinajstić information content (AvgIpc) is 3.07. The fourth-order valence-corrected chi connectivity index (χ4v) is 4.70. The number of rotatable bonds is 6. The van der Waals surface area contributed by atoms with Gasteiger partial charge in [0.25, 0.3) is 0 Å². The number of aromatic nitrogens is 3. The van der Waals surface area contributed by atoms with Crippen LogP contribution in [0.3, 0.4) is 0 Å². The molecule has 1 saturated heterocycles. The SMILES string of the molecule is CCn1c(SCC(=O)N2C[C@@H](C)C[C@H](C)C2)nnc1-c1ccccc1OC. The zero-order chi connectivity index (χ0) is 19.4. The molecule has 27 heavy (non-hydrogen) atoms. The molecule has 2 atom stereocenters. The maximum absolute atomic E-state index is 12.7. The Balaban J connectivity index is 1.73. The molecule has 6 nitrogen and oxygen atoms in total. The number of thioether (sulfide) groups is 1. The molecule has 0 bridgehead atoms. The van der Waals surface area contributed by atoms with Crippen LogP contribution in [0.5, 0.6) is 5.75 Å². The minimum Gasteiger partial charge on any atom is -0.496 e. The van der Waals surface area contributed by atoms with Gasteiger partial charge in [-0.05, 0) is 37.3 Å². The Labute approximate surface area is 165 Å². The van der Waals surface area contributed by atoms with Crippen molar-refractivity contribution in [1.82, 2.24) is 19.7 Å². The summed E-state index contributed by atoms with van der Waals surface area (Å²) in [6.07, 6.45) is 1.20. The highest BCUT2D eigenvalue weighted by Crippen LogP contribution is 2.31. The number of hydrogen-bond acceptors (Lipinski definition) is 5. The topological polar surface area (TPSA) is 60.2 Å². The van der Waals surface area contributed by atoms with Gasteiger partial charge in [0.05, 0.1) is 18.4 Å². The molecule has 1 aromatic carbocycles. The first-order valence-corrected chi connectivity index (χ1v) is 10.5. The van der Waals surface area contributed by atoms with E-state index < -0.39 is 0 Å². The molecular weight excluding hydrogens is 360 g/mol. The standard InChI is InChI=1S/C20H28N4O2S/c1-5-24-19(16-8-6-7-9-17(16)26-4)21-22-20(24)27-13-18(25)23-11-14(2)10-15(3)12-23/h6-9,14-15H,5,10-13H2,1-4H3/t14-,15-/m0/s1. The van der Waals surface area contributed by atoms with Gasteiger partial charge in [0.1, 0.15) is 5.75 Å². The summed E-state index contributed by atoms with van der Waals surface area (Å²) >= 11 is 1.46. The Hall–Kier alpha value is -2.02. The predicted octanol–water partition coefficient (Wildman–Crippen LogP) is 3.57. The smallest absolute Gasteiger partial charge is 0.233 e. The van der Waals surface area contributed by atoms with Crippen molar-refractivity contribution in [3.8, 4) is 17.1 Å². The van der Waals surface area contributed by atoms with E-state index in [0.717, 1.165) is 41.9 Å². The van der Waals surface area contributed by atoms with Crippen molar-refractivity contribution >= 4 is 17.7 Å². The Morgan fingerprint density at radius 2 is 1.93 bits per heavy atom. The first-order chi connectivity index (χ1) is 13.0. The molecule has 2 heterocycles. The first-order valence-electron chi connectivity index (χ1n) is 9.50. The van der Waals surface area contributed by atoms with E-state index in [9.17, 15) is 4.79 Å². The summed E-state index contributed by atoms with van der Waals surface area (Å²) in [6, 6.07) is 7.79. The summed E-state index contributed by atoms with van der Waals surface area (Å²) < 4.78 is 7.50. The molecule has 1 aliphatic rings. The summed E-state index contributed by atoms with van der Waals surface area (Å²) in [6.45, 7) is 8.94. The summed E-state index contributed by atoms with van der Waals surface area (Å²) in [5.74, 6) is 3.25. The monoisotopic (exact) mass is 388 g/mol. The third kappa shape index (κ3) is 4.46. The molecule has 7 heteroatoms. The first kappa shape index (κ1) is 19.7. The Morgan fingerprint density at radius 3 is 2.59 bits per heavy atom. The minimum atomic E-state index is 0.183. The van der Waals surface area contributed by atoms with Gasteiger partial charge in [0.15, 0.2) is 11.0 Å². The number of methoxy groups -OCH3 is 1. The molecule has 1 amide bonds. The van der Waals surface area contributed by atoms with Crippen LogP contribution in [0, 0.1) is 11.8 Å². The number of ether oxygens (including phenoxy) is 1. The molecule has 146 valence electrons. The van der Waals surface area contributed by atoms with E-state index in [2.05, 4.69) is 31.0 Å². The molecule has 0 aliphatic carbocycles. The Kier molecular flexibility index (Phi) is 6.42. The van der Waals surface area contributed by atoms with Crippen LogP contribution in [0.15, 0.2) is 29.4 Å². The third-order valence-corrected chi connectivity index (χ3v) is 5.88. The molecular formula is C20H28N4O2S. The van der Waals surface area contributed by atoms with Crippen LogP contribution >= 0.6 is 11.8 Å². The van der Waals surface area contributed by atoms with Crippen LogP contribution in [-0.4, -0.2) is 51.5 Å². The number of nitrogens with zero attached hydrogens (tertiary/aromatic N) is 4. The molecule has 1 aliphatic heterocycles. The van der Waals surface area contributed by atoms with Crippen molar-refractivity contribution in [2.75, 3.05) is 26.0 Å². The summed E-state index contributed by atoms with van der Waals surface area (Å²) in [4.78, 5) is 14.7. The largest absolute Gasteiger partial charge is 0.496 e. The van der Waals surface area contributed by atoms with Gasteiger partial charge < -0.3 is 14.2 Å². The second kappa shape index (κ2) is 8.78. The number of piperidine rings is 1. The number of para-hydroxylation sites is 1. The summed E-state index contributed by atoms with van der Waals surface area (Å²) in [5.41, 5.74) is 0.909. The van der Waals surface area contributed by atoms with Gasteiger partial charge in [-0.3, -0.25) is 4.79 Å². The molecule has 0 unspecified atom stereocenters. The van der Waals surface area contributed by atoms with Crippen molar-refractivity contribution in [2.24, 2.45) is 11.8 Å². The second-order valence-electron chi connectivity index (χ2n) is 7.28. The summed E-state index contributed by atoms with van der Waals surface area (Å²) in [5, 5.41) is 9.47. The number of hydrogen-bond donors (Lipinski definition) is 0. The van der Waals surface area contributed by atoms with E-state index >= 15 is 0 Å². The normalized spacial score (nSPS) is 19.9. The predicted molar refractivity (Wildman–Crippen MR) is 108 cm³/mol. The van der Waals surface area contributed by atoms with Crippen LogP contribution in [-0.2, 0) is 11.3 Å². The van der Waals surface area contributed by atoms with Crippen molar-refractivity contribution in [3.63, 3.8) is 0 Å². The van der Waals surface area contributed by atoms with E-state index in [1.54, 1.807) is 7.11 Å². The molecule has 0 saturated carbocycles. The molecule has 1 aromatic heterocycles. The lowest BCUT2D eigenvalue weighted by Crippen LogP contribution is -2.43. The molecule has 0 radical (unpaired) electrons. The highest BCUT2D eigenvalue weighted by Gasteiger charge is 2.26. The van der Waals surface area contributed by atoms with Crippen LogP contribution < -0.4 is 4.74 Å². The highest BCUT2D eigenvalue weighted by molar-refractivity contribution is 7.99. The van der Waals surface area contributed by atoms with Crippen molar-refractivity contribution < 1.29 is 9.53 Å². The number of likely N-dealkylation sites (tertiary alicyclic amines) is 1. The summed E-state index contributed by atoms with van der Waals surface area (Å²) in [7, 11) is 1.65. The van der Waals surface area contributed by atoms with Gasteiger partial charge in [-0.2, -0.15) is 0 Å². The highest BCUT2D eigenvalue weighted by atomic mass is 32.2. The third-order valence-electron chi connectivity index (χ3n) is 4.93. The quantitative estimate of drug-likeness (QED) is 0.708. The van der Waals surface area contributed by atoms with Crippen molar-refractivity contribution in [3.05, 3.63) is 24.3 Å².